The average molecular weight is 142 g/mol. The van der Waals surface area contributed by atoms with Crippen molar-refractivity contribution < 1.29 is 10.3 Å². The van der Waals surface area contributed by atoms with Crippen molar-refractivity contribution in [2.45, 2.75) is 0 Å². The summed E-state index contributed by atoms with van der Waals surface area (Å²) in [7, 11) is 0. The molecule has 0 bridgehead atoms. The zero-order valence-electron chi connectivity index (χ0n) is 3.42. The van der Waals surface area contributed by atoms with Crippen molar-refractivity contribution >= 4 is 89.1 Å². The Hall–Kier alpha value is 2.10. The summed E-state index contributed by atoms with van der Waals surface area (Å²) in [4.78, 5) is 8.36. The molecule has 6 heteroatoms. The third kappa shape index (κ3) is 36.0. The molecular weight excluding hydrogens is 141 g/mol. The Morgan fingerprint density at radius 3 is 1.67 bits per heavy atom. The van der Waals surface area contributed by atoms with Gasteiger partial charge in [0.25, 0.3) is 5.09 Å². The van der Waals surface area contributed by atoms with Crippen LogP contribution in [0.5, 0.6) is 0 Å². The van der Waals surface area contributed by atoms with Crippen molar-refractivity contribution in [3.63, 3.8) is 0 Å². The van der Waals surface area contributed by atoms with Gasteiger partial charge < -0.3 is 5.21 Å². The van der Waals surface area contributed by atoms with Gasteiger partial charge in [0, 0.05) is 89.1 Å². The fourth-order valence-corrected chi connectivity index (χ4v) is 0. The normalized spacial score (nSPS) is 4.00. The first-order valence-electron chi connectivity index (χ1n) is 0.565. The van der Waals surface area contributed by atoms with E-state index in [9.17, 15) is 0 Å². The Morgan fingerprint density at radius 2 is 1.67 bits per heavy atom. The van der Waals surface area contributed by atoms with E-state index >= 15 is 0 Å². The van der Waals surface area contributed by atoms with Crippen molar-refractivity contribution in [2.24, 2.45) is 0 Å². The molecule has 0 atom stereocenters. The molecule has 0 aromatic carbocycles. The van der Waals surface area contributed by atoms with Crippen molar-refractivity contribution in [1.29, 1.82) is 0 Å². The van der Waals surface area contributed by atoms with E-state index in [1.54, 1.807) is 0 Å². The van der Waals surface area contributed by atoms with Crippen LogP contribution in [0.3, 0.4) is 0 Å². The maximum atomic E-state index is 8.36. The van der Waals surface area contributed by atoms with Gasteiger partial charge in [-0.25, -0.2) is 0 Å². The van der Waals surface area contributed by atoms with Gasteiger partial charge in [-0.2, -0.15) is 0 Å². The first-order valence-corrected chi connectivity index (χ1v) is 0.565. The molecule has 0 fully saturated rings. The van der Waals surface area contributed by atoms with Crippen LogP contribution < -0.4 is 0 Å². The van der Waals surface area contributed by atoms with Crippen molar-refractivity contribution in [2.75, 3.05) is 0 Å². The van der Waals surface area contributed by atoms with Crippen LogP contribution in [0, 0.1) is 10.1 Å². The average Bonchev–Trinajstić information content (AvgIpc) is 0.811. The van der Waals surface area contributed by atoms with Crippen LogP contribution in [-0.2, 0) is 0 Å². The van der Waals surface area contributed by atoms with E-state index in [1.807, 2.05) is 0 Å². The Morgan fingerprint density at radius 1 is 1.67 bits per heavy atom. The maximum absolute atomic E-state index is 8.36. The van der Waals surface area contributed by atoms with E-state index in [1.165, 1.54) is 0 Å². The van der Waals surface area contributed by atoms with E-state index in [-0.39, 0.29) is 89.1 Å². The summed E-state index contributed by atoms with van der Waals surface area (Å²) >= 11 is 0. The van der Waals surface area contributed by atoms with E-state index < -0.39 is 5.09 Å². The molecule has 3 radical (unpaired) electrons. The molecular formula is HCaKNO3. The van der Waals surface area contributed by atoms with Crippen LogP contribution in [0.2, 0.25) is 0 Å². The molecule has 6 heavy (non-hydrogen) atoms. The molecule has 0 aliphatic carbocycles. The van der Waals surface area contributed by atoms with Crippen molar-refractivity contribution in [1.82, 2.24) is 0 Å². The minimum Gasteiger partial charge on any atom is -0.328 e. The summed E-state index contributed by atoms with van der Waals surface area (Å²) in [6, 6.07) is 0. The number of hydrogen-bond donors (Lipinski definition) is 1. The number of rotatable bonds is 0. The van der Waals surface area contributed by atoms with Gasteiger partial charge in [0.05, 0.1) is 0 Å². The van der Waals surface area contributed by atoms with Crippen LogP contribution in [0.4, 0.5) is 0 Å². The molecule has 0 aliphatic heterocycles. The first-order chi connectivity index (χ1) is 1.73. The van der Waals surface area contributed by atoms with Gasteiger partial charge in [-0.1, -0.05) is 0 Å². The number of hydrogen-bond acceptors (Lipinski definition) is 2. The zero-order valence-corrected chi connectivity index (χ0v) is 8.75. The van der Waals surface area contributed by atoms with Gasteiger partial charge in [0.15, 0.2) is 0 Å². The molecule has 0 aromatic heterocycles. The third-order valence-electron chi connectivity index (χ3n) is 0. The van der Waals surface area contributed by atoms with Gasteiger partial charge in [-0.3, -0.25) is 0 Å². The predicted octanol–water partition coefficient (Wildman–Crippen LogP) is -1.11. The van der Waals surface area contributed by atoms with Gasteiger partial charge in [0.1, 0.15) is 0 Å². The Kier molecular flexibility index (Phi) is 26.6. The summed E-state index contributed by atoms with van der Waals surface area (Å²) in [5.74, 6) is 0. The molecule has 0 aliphatic rings. The van der Waals surface area contributed by atoms with E-state index in [2.05, 4.69) is 0 Å². The Labute approximate surface area is 107 Å². The van der Waals surface area contributed by atoms with Gasteiger partial charge in [-0.15, -0.1) is 10.1 Å². The summed E-state index contributed by atoms with van der Waals surface area (Å²) in [6.07, 6.45) is 0. The summed E-state index contributed by atoms with van der Waals surface area (Å²) < 4.78 is 0. The van der Waals surface area contributed by atoms with E-state index in [0.29, 0.717) is 0 Å². The predicted molar refractivity (Wildman–Crippen MR) is 20.3 cm³/mol. The van der Waals surface area contributed by atoms with Crippen LogP contribution >= 0.6 is 0 Å². The van der Waals surface area contributed by atoms with E-state index in [0.717, 1.165) is 0 Å². The van der Waals surface area contributed by atoms with Crippen LogP contribution in [-0.4, -0.2) is 99.4 Å². The standard InChI is InChI=1S/Ca.K.HNO3/c;;2-1(3)4/h;;(H,2,3,4). The minimum absolute atomic E-state index is 0. The molecule has 0 rings (SSSR count). The maximum Gasteiger partial charge on any atom is 0.291 e. The zero-order chi connectivity index (χ0) is 3.58. The summed E-state index contributed by atoms with van der Waals surface area (Å²) in [6.45, 7) is 0. The Balaban J connectivity index is -0.0000000450. The SMILES string of the molecule is O=[N+]([O-])O.[Ca].[K]. The fourth-order valence-electron chi connectivity index (χ4n) is 0. The second-order valence-electron chi connectivity index (χ2n) is 0.238. The summed E-state index contributed by atoms with van der Waals surface area (Å²) in [5, 5.41) is 13.6. The first kappa shape index (κ1) is 15.7. The minimum atomic E-state index is -1.50. The van der Waals surface area contributed by atoms with Crippen molar-refractivity contribution in [3.05, 3.63) is 10.1 Å². The Bertz CT molecular complexity index is 33.8. The smallest absolute Gasteiger partial charge is 0.291 e. The fraction of sp³-hybridized carbons (Fsp3) is 0. The molecule has 0 amide bonds. The van der Waals surface area contributed by atoms with E-state index in [4.69, 9.17) is 15.3 Å². The van der Waals surface area contributed by atoms with Crippen LogP contribution in [0.25, 0.3) is 0 Å². The topological polar surface area (TPSA) is 63.4 Å². The molecule has 0 saturated carbocycles. The number of nitrogens with zero attached hydrogens (tertiary/aromatic N) is 1. The van der Waals surface area contributed by atoms with Crippen LogP contribution in [0.1, 0.15) is 0 Å². The van der Waals surface area contributed by atoms with Crippen molar-refractivity contribution in [3.8, 4) is 0 Å². The second kappa shape index (κ2) is 10.2. The largest absolute Gasteiger partial charge is 0.328 e. The molecule has 0 saturated heterocycles. The molecule has 4 nitrogen and oxygen atoms in total. The molecule has 1 N–H and O–H groups in total. The molecule has 0 spiro atoms. The van der Waals surface area contributed by atoms with Crippen LogP contribution in [0.15, 0.2) is 0 Å². The molecule has 27 valence electrons. The quantitative estimate of drug-likeness (QED) is 0.265. The molecule has 0 aromatic rings. The monoisotopic (exact) mass is 142 g/mol. The molecule has 0 heterocycles. The van der Waals surface area contributed by atoms with Gasteiger partial charge in [-0.05, 0) is 0 Å². The third-order valence-corrected chi connectivity index (χ3v) is 0. The van der Waals surface area contributed by atoms with Gasteiger partial charge in [0.2, 0.25) is 0 Å². The molecule has 0 unspecified atom stereocenters. The summed E-state index contributed by atoms with van der Waals surface area (Å²) in [5.41, 5.74) is 0. The second-order valence-corrected chi connectivity index (χ2v) is 0.238. The van der Waals surface area contributed by atoms with Gasteiger partial charge >= 0.3 is 0 Å².